The first kappa shape index (κ1) is 20.9. The van der Waals surface area contributed by atoms with Crippen LogP contribution in [-0.4, -0.2) is 20.6 Å². The summed E-state index contributed by atoms with van der Waals surface area (Å²) in [6.07, 6.45) is 6.64. The Hall–Kier alpha value is -2.81. The summed E-state index contributed by atoms with van der Waals surface area (Å²) in [5, 5.41) is 2.71. The molecule has 6 nitrogen and oxygen atoms in total. The molecule has 1 heterocycles. The maximum Gasteiger partial charge on any atom is 0.248 e. The Morgan fingerprint density at radius 1 is 1.07 bits per heavy atom. The second-order valence-electron chi connectivity index (χ2n) is 6.02. The lowest BCUT2D eigenvalue weighted by molar-refractivity contribution is -0.111. The zero-order valence-corrected chi connectivity index (χ0v) is 17.3. The molecule has 29 heavy (non-hydrogen) atoms. The number of carbonyl (C=O) groups is 1. The van der Waals surface area contributed by atoms with Gasteiger partial charge in [-0.05, 0) is 66.4 Å². The minimum Gasteiger partial charge on any atom is -0.468 e. The van der Waals surface area contributed by atoms with Crippen molar-refractivity contribution in [2.75, 3.05) is 11.6 Å². The normalized spacial score (nSPS) is 11.6. The van der Waals surface area contributed by atoms with Crippen LogP contribution in [0.1, 0.15) is 11.3 Å². The van der Waals surface area contributed by atoms with Gasteiger partial charge in [0.25, 0.3) is 0 Å². The number of anilines is 1. The van der Waals surface area contributed by atoms with Gasteiger partial charge in [-0.1, -0.05) is 12.1 Å². The summed E-state index contributed by atoms with van der Waals surface area (Å²) < 4.78 is 32.2. The largest absolute Gasteiger partial charge is 0.468 e. The average Bonchev–Trinajstić information content (AvgIpc) is 3.25. The van der Waals surface area contributed by atoms with Gasteiger partial charge in [0.1, 0.15) is 5.76 Å². The van der Waals surface area contributed by atoms with Crippen LogP contribution in [0.15, 0.2) is 87.2 Å². The van der Waals surface area contributed by atoms with Crippen molar-refractivity contribution in [1.82, 2.24) is 4.72 Å². The van der Waals surface area contributed by atoms with Crippen LogP contribution < -0.4 is 10.0 Å². The van der Waals surface area contributed by atoms with Crippen LogP contribution in [0.4, 0.5) is 5.69 Å². The molecule has 0 radical (unpaired) electrons. The predicted molar refractivity (Wildman–Crippen MR) is 115 cm³/mol. The number of hydrogen-bond donors (Lipinski definition) is 2. The van der Waals surface area contributed by atoms with Gasteiger partial charge >= 0.3 is 0 Å². The third-order valence-corrected chi connectivity index (χ3v) is 6.15. The van der Waals surface area contributed by atoms with Crippen LogP contribution in [0, 0.1) is 0 Å². The smallest absolute Gasteiger partial charge is 0.248 e. The number of amides is 1. The number of sulfonamides is 1. The summed E-state index contributed by atoms with van der Waals surface area (Å²) in [5.41, 5.74) is 1.42. The highest BCUT2D eigenvalue weighted by Gasteiger charge is 2.14. The molecule has 2 aromatic carbocycles. The molecule has 3 aromatic rings. The first-order valence-corrected chi connectivity index (χ1v) is 11.4. The molecule has 0 aliphatic heterocycles. The highest BCUT2D eigenvalue weighted by molar-refractivity contribution is 7.98. The van der Waals surface area contributed by atoms with Gasteiger partial charge in [-0.2, -0.15) is 0 Å². The first-order chi connectivity index (χ1) is 14.0. The van der Waals surface area contributed by atoms with Crippen molar-refractivity contribution < 1.29 is 17.6 Å². The van der Waals surface area contributed by atoms with Gasteiger partial charge in [0.05, 0.1) is 17.7 Å². The summed E-state index contributed by atoms with van der Waals surface area (Å²) in [5.74, 6) is 0.220. The van der Waals surface area contributed by atoms with Crippen molar-refractivity contribution in [1.29, 1.82) is 0 Å². The number of benzene rings is 2. The fourth-order valence-electron chi connectivity index (χ4n) is 2.45. The molecular formula is C21H20N2O4S2. The molecule has 8 heteroatoms. The molecule has 3 rings (SSSR count). The van der Waals surface area contributed by atoms with Crippen LogP contribution >= 0.6 is 11.8 Å². The molecule has 2 N–H and O–H groups in total. The second kappa shape index (κ2) is 9.60. The summed E-state index contributed by atoms with van der Waals surface area (Å²) in [7, 11) is -3.67. The number of hydrogen-bond acceptors (Lipinski definition) is 5. The maximum absolute atomic E-state index is 12.3. The topological polar surface area (TPSA) is 88.4 Å². The van der Waals surface area contributed by atoms with E-state index in [1.165, 1.54) is 24.5 Å². The maximum atomic E-state index is 12.3. The molecule has 0 atom stereocenters. The van der Waals surface area contributed by atoms with E-state index >= 15 is 0 Å². The van der Waals surface area contributed by atoms with Crippen LogP contribution in [0.25, 0.3) is 6.08 Å². The van der Waals surface area contributed by atoms with Crippen LogP contribution in [-0.2, 0) is 21.4 Å². The zero-order valence-electron chi connectivity index (χ0n) is 15.7. The number of carbonyl (C=O) groups excluding carboxylic acids is 1. The van der Waals surface area contributed by atoms with Crippen LogP contribution in [0.2, 0.25) is 0 Å². The summed E-state index contributed by atoms with van der Waals surface area (Å²) in [6.45, 7) is 0.0660. The number of furan rings is 1. The summed E-state index contributed by atoms with van der Waals surface area (Å²) >= 11 is 1.65. The standard InChI is InChI=1S/C21H20N2O4S2/c1-28-19-9-4-16(5-10-19)6-13-21(24)23-17-7-11-20(12-8-17)29(25,26)22-15-18-3-2-14-27-18/h2-14,22H,15H2,1H3,(H,23,24). The van der Waals surface area contributed by atoms with E-state index in [0.717, 1.165) is 10.5 Å². The molecule has 0 spiro atoms. The van der Waals surface area contributed by atoms with Crippen molar-refractivity contribution in [3.05, 3.63) is 84.3 Å². The zero-order chi connectivity index (χ0) is 20.7. The quantitative estimate of drug-likeness (QED) is 0.416. The summed E-state index contributed by atoms with van der Waals surface area (Å²) in [6, 6.07) is 17.2. The SMILES string of the molecule is CSc1ccc(C=CC(=O)Nc2ccc(S(=O)(=O)NCc3ccco3)cc2)cc1. The van der Waals surface area contributed by atoms with Crippen molar-refractivity contribution in [2.45, 2.75) is 16.3 Å². The summed E-state index contributed by atoms with van der Waals surface area (Å²) in [4.78, 5) is 13.3. The third kappa shape index (κ3) is 6.08. The molecule has 0 saturated heterocycles. The highest BCUT2D eigenvalue weighted by Crippen LogP contribution is 2.16. The lowest BCUT2D eigenvalue weighted by Crippen LogP contribution is -2.23. The Bertz CT molecular complexity index is 1070. The monoisotopic (exact) mass is 428 g/mol. The van der Waals surface area contributed by atoms with E-state index < -0.39 is 10.0 Å². The minimum atomic E-state index is -3.67. The molecule has 1 amide bonds. The van der Waals surface area contributed by atoms with Gasteiger partial charge in [0.15, 0.2) is 0 Å². The highest BCUT2D eigenvalue weighted by atomic mass is 32.2. The lowest BCUT2D eigenvalue weighted by atomic mass is 10.2. The van der Waals surface area contributed by atoms with Gasteiger partial charge in [-0.15, -0.1) is 11.8 Å². The molecular weight excluding hydrogens is 408 g/mol. The molecule has 150 valence electrons. The molecule has 0 saturated carbocycles. The Labute approximate surface area is 174 Å². The fourth-order valence-corrected chi connectivity index (χ4v) is 3.85. The lowest BCUT2D eigenvalue weighted by Gasteiger charge is -2.07. The van der Waals surface area contributed by atoms with Gasteiger partial charge in [-0.25, -0.2) is 13.1 Å². The first-order valence-electron chi connectivity index (χ1n) is 8.71. The van der Waals surface area contributed by atoms with Gasteiger partial charge in [0.2, 0.25) is 15.9 Å². The van der Waals surface area contributed by atoms with Crippen molar-refractivity contribution >= 4 is 39.5 Å². The van der Waals surface area contributed by atoms with E-state index in [2.05, 4.69) is 10.0 Å². The predicted octanol–water partition coefficient (Wildman–Crippen LogP) is 4.13. The van der Waals surface area contributed by atoms with Gasteiger partial charge in [0, 0.05) is 16.7 Å². The fraction of sp³-hybridized carbons (Fsp3) is 0.0952. The van der Waals surface area contributed by atoms with E-state index in [0.29, 0.717) is 11.4 Å². The molecule has 0 aliphatic carbocycles. The molecule has 0 bridgehead atoms. The van der Waals surface area contributed by atoms with E-state index in [1.54, 1.807) is 42.1 Å². The third-order valence-electron chi connectivity index (χ3n) is 3.99. The van der Waals surface area contributed by atoms with Crippen LogP contribution in [0.3, 0.4) is 0 Å². The molecule has 1 aromatic heterocycles. The molecule has 0 unspecified atom stereocenters. The van der Waals surface area contributed by atoms with Crippen molar-refractivity contribution in [3.63, 3.8) is 0 Å². The van der Waals surface area contributed by atoms with E-state index in [1.807, 2.05) is 30.5 Å². The number of nitrogens with one attached hydrogen (secondary N) is 2. The van der Waals surface area contributed by atoms with Crippen molar-refractivity contribution in [3.8, 4) is 0 Å². The minimum absolute atomic E-state index is 0.0660. The molecule has 0 aliphatic rings. The molecule has 0 fully saturated rings. The second-order valence-corrected chi connectivity index (χ2v) is 8.67. The van der Waals surface area contributed by atoms with Crippen LogP contribution in [0.5, 0.6) is 0 Å². The number of rotatable bonds is 8. The van der Waals surface area contributed by atoms with Gasteiger partial charge in [-0.3, -0.25) is 4.79 Å². The van der Waals surface area contributed by atoms with Gasteiger partial charge < -0.3 is 9.73 Å². The Morgan fingerprint density at radius 3 is 2.41 bits per heavy atom. The Kier molecular flexibility index (Phi) is 6.92. The number of thioether (sulfide) groups is 1. The average molecular weight is 429 g/mol. The van der Waals surface area contributed by atoms with E-state index in [-0.39, 0.29) is 17.3 Å². The van der Waals surface area contributed by atoms with E-state index in [4.69, 9.17) is 4.42 Å². The van der Waals surface area contributed by atoms with Crippen molar-refractivity contribution in [2.24, 2.45) is 0 Å². The Morgan fingerprint density at radius 2 is 1.79 bits per heavy atom. The Balaban J connectivity index is 1.57. The van der Waals surface area contributed by atoms with E-state index in [9.17, 15) is 13.2 Å².